The van der Waals surface area contributed by atoms with Gasteiger partial charge in [-0.2, -0.15) is 5.10 Å². The van der Waals surface area contributed by atoms with E-state index in [9.17, 15) is 20.0 Å². The molecule has 0 bridgehead atoms. The molecule has 0 aliphatic heterocycles. The lowest BCUT2D eigenvalue weighted by Crippen LogP contribution is -2.39. The van der Waals surface area contributed by atoms with Crippen molar-refractivity contribution >= 4 is 33.9 Å². The first-order valence-electron chi connectivity index (χ1n) is 8.62. The van der Waals surface area contributed by atoms with Gasteiger partial charge in [0.25, 0.3) is 11.6 Å². The summed E-state index contributed by atoms with van der Waals surface area (Å²) in [6, 6.07) is 9.12. The molecule has 3 rings (SSSR count). The third-order valence-corrected chi connectivity index (χ3v) is 4.44. The van der Waals surface area contributed by atoms with Crippen LogP contribution in [0.25, 0.3) is 10.9 Å². The molecule has 0 saturated heterocycles. The number of carbonyl (C=O) groups excluding carboxylic acids is 1. The number of nitrogens with one attached hydrogen (secondary N) is 1. The van der Waals surface area contributed by atoms with Crippen LogP contribution in [0.4, 0.5) is 17.1 Å². The van der Waals surface area contributed by atoms with Crippen molar-refractivity contribution in [2.45, 2.75) is 6.92 Å². The Balaban J connectivity index is 2.04. The number of likely N-dealkylation sites (N-methyl/N-ethyl adjacent to an activating group) is 1. The zero-order valence-electron chi connectivity index (χ0n) is 15.2. The van der Waals surface area contributed by atoms with Crippen molar-refractivity contribution in [3.63, 3.8) is 0 Å². The maximum Gasteiger partial charge on any atom is 0.274 e. The molecule has 4 N–H and O–H groups in total. The number of hydrogen-bond acceptors (Lipinski definition) is 7. The van der Waals surface area contributed by atoms with Crippen LogP contribution in [-0.2, 0) is 0 Å². The number of fused-ring (bicyclic) bond motifs is 1. The fourth-order valence-corrected chi connectivity index (χ4v) is 2.98. The number of non-ortho nitro benzene ring substituents is 1. The van der Waals surface area contributed by atoms with Crippen molar-refractivity contribution < 1.29 is 14.8 Å². The first kappa shape index (κ1) is 19.3. The standard InChI is InChI=1S/C18H20N6O4/c1-2-22(7-8-25)17-6-5-14(24(27)28)9-15(17)18(26)23(19)13-4-3-12-11-20-21-16(12)10-13/h3-6,9-11,25H,2,7-8,19H2,1H3,(H,20,21). The number of nitrogens with zero attached hydrogens (tertiary/aromatic N) is 4. The molecule has 0 aliphatic rings. The number of rotatable bonds is 7. The third kappa shape index (κ3) is 3.63. The molecule has 0 radical (unpaired) electrons. The summed E-state index contributed by atoms with van der Waals surface area (Å²) in [7, 11) is 0. The molecular weight excluding hydrogens is 364 g/mol. The zero-order valence-corrected chi connectivity index (χ0v) is 15.2. The molecule has 0 aliphatic carbocycles. The predicted molar refractivity (Wildman–Crippen MR) is 105 cm³/mol. The number of carbonyl (C=O) groups is 1. The number of aliphatic hydroxyl groups excluding tert-OH is 1. The van der Waals surface area contributed by atoms with Crippen LogP contribution in [0.1, 0.15) is 17.3 Å². The Bertz CT molecular complexity index is 1020. The molecule has 1 aromatic heterocycles. The smallest absolute Gasteiger partial charge is 0.274 e. The normalized spacial score (nSPS) is 10.8. The Hall–Kier alpha value is -3.50. The maximum absolute atomic E-state index is 13.1. The van der Waals surface area contributed by atoms with Crippen LogP contribution < -0.4 is 15.8 Å². The molecule has 0 atom stereocenters. The van der Waals surface area contributed by atoms with Crippen LogP contribution in [-0.4, -0.2) is 45.8 Å². The highest BCUT2D eigenvalue weighted by Crippen LogP contribution is 2.28. The molecule has 28 heavy (non-hydrogen) atoms. The Kier molecular flexibility index (Phi) is 5.52. The SMILES string of the molecule is CCN(CCO)c1ccc([N+](=O)[O-])cc1C(=O)N(N)c1ccc2cn[nH]c2c1. The van der Waals surface area contributed by atoms with Crippen LogP contribution in [0.5, 0.6) is 0 Å². The van der Waals surface area contributed by atoms with E-state index in [4.69, 9.17) is 5.84 Å². The lowest BCUT2D eigenvalue weighted by atomic mass is 10.1. The number of aliphatic hydroxyl groups is 1. The van der Waals surface area contributed by atoms with Crippen molar-refractivity contribution in [1.29, 1.82) is 0 Å². The topological polar surface area (TPSA) is 142 Å². The molecule has 10 nitrogen and oxygen atoms in total. The molecule has 3 aromatic rings. The summed E-state index contributed by atoms with van der Waals surface area (Å²) in [5.74, 6) is 5.45. The van der Waals surface area contributed by atoms with Crippen LogP contribution >= 0.6 is 0 Å². The van der Waals surface area contributed by atoms with Crippen LogP contribution in [0, 0.1) is 10.1 Å². The lowest BCUT2D eigenvalue weighted by molar-refractivity contribution is -0.384. The summed E-state index contributed by atoms with van der Waals surface area (Å²) in [6.07, 6.45) is 1.65. The van der Waals surface area contributed by atoms with Gasteiger partial charge in [0, 0.05) is 30.6 Å². The van der Waals surface area contributed by atoms with Crippen LogP contribution in [0.2, 0.25) is 0 Å². The van der Waals surface area contributed by atoms with Gasteiger partial charge in [-0.1, -0.05) is 0 Å². The first-order chi connectivity index (χ1) is 13.5. The van der Waals surface area contributed by atoms with Gasteiger partial charge in [0.1, 0.15) is 0 Å². The fourth-order valence-electron chi connectivity index (χ4n) is 2.98. The average Bonchev–Trinajstić information content (AvgIpc) is 3.18. The summed E-state index contributed by atoms with van der Waals surface area (Å²) in [5, 5.41) is 29.0. The number of nitro benzene ring substituents is 1. The van der Waals surface area contributed by atoms with Gasteiger partial charge in [0.15, 0.2) is 0 Å². The average molecular weight is 384 g/mol. The molecule has 0 spiro atoms. The van der Waals surface area contributed by atoms with Gasteiger partial charge in [-0.3, -0.25) is 20.0 Å². The fraction of sp³-hybridized carbons (Fsp3) is 0.222. The maximum atomic E-state index is 13.1. The van der Waals surface area contributed by atoms with E-state index in [-0.39, 0.29) is 24.4 Å². The van der Waals surface area contributed by atoms with E-state index < -0.39 is 10.8 Å². The number of amides is 1. The number of H-pyrrole nitrogens is 1. The summed E-state index contributed by atoms with van der Waals surface area (Å²) in [5.41, 5.74) is 1.44. The Labute approximate surface area is 160 Å². The van der Waals surface area contributed by atoms with E-state index in [1.807, 2.05) is 6.92 Å². The van der Waals surface area contributed by atoms with E-state index in [0.29, 0.717) is 23.4 Å². The molecule has 2 aromatic carbocycles. The molecule has 0 fully saturated rings. The summed E-state index contributed by atoms with van der Waals surface area (Å²) in [6.45, 7) is 2.52. The number of hydrazine groups is 1. The molecule has 1 amide bonds. The number of aromatic amines is 1. The number of aromatic nitrogens is 2. The van der Waals surface area contributed by atoms with Crippen molar-refractivity contribution in [3.8, 4) is 0 Å². The van der Waals surface area contributed by atoms with Crippen molar-refractivity contribution in [3.05, 3.63) is 58.3 Å². The largest absolute Gasteiger partial charge is 0.395 e. The van der Waals surface area contributed by atoms with Gasteiger partial charge in [0.2, 0.25) is 0 Å². The highest BCUT2D eigenvalue weighted by molar-refractivity contribution is 6.10. The van der Waals surface area contributed by atoms with Gasteiger partial charge >= 0.3 is 0 Å². The second kappa shape index (κ2) is 8.03. The van der Waals surface area contributed by atoms with Gasteiger partial charge in [0.05, 0.1) is 40.2 Å². The molecule has 10 heteroatoms. The quantitative estimate of drug-likeness (QED) is 0.244. The summed E-state index contributed by atoms with van der Waals surface area (Å²) >= 11 is 0. The predicted octanol–water partition coefficient (Wildman–Crippen LogP) is 1.81. The van der Waals surface area contributed by atoms with E-state index in [1.165, 1.54) is 18.2 Å². The van der Waals surface area contributed by atoms with Gasteiger partial charge in [-0.25, -0.2) is 10.9 Å². The van der Waals surface area contributed by atoms with E-state index >= 15 is 0 Å². The molecule has 0 unspecified atom stereocenters. The van der Waals surface area contributed by atoms with Crippen molar-refractivity contribution in [1.82, 2.24) is 10.2 Å². The third-order valence-electron chi connectivity index (χ3n) is 4.44. The molecule has 146 valence electrons. The number of anilines is 2. The summed E-state index contributed by atoms with van der Waals surface area (Å²) in [4.78, 5) is 25.5. The Morgan fingerprint density at radius 2 is 2.11 bits per heavy atom. The number of nitrogens with two attached hydrogens (primary N) is 1. The van der Waals surface area contributed by atoms with Gasteiger partial charge in [-0.05, 0) is 31.2 Å². The molecule has 0 saturated carbocycles. The summed E-state index contributed by atoms with van der Waals surface area (Å²) < 4.78 is 0. The van der Waals surface area contributed by atoms with Crippen molar-refractivity contribution in [2.24, 2.45) is 5.84 Å². The number of benzene rings is 2. The monoisotopic (exact) mass is 384 g/mol. The minimum Gasteiger partial charge on any atom is -0.395 e. The minimum absolute atomic E-state index is 0.0803. The first-order valence-corrected chi connectivity index (χ1v) is 8.62. The van der Waals surface area contributed by atoms with E-state index in [0.717, 1.165) is 10.4 Å². The van der Waals surface area contributed by atoms with E-state index in [2.05, 4.69) is 10.2 Å². The van der Waals surface area contributed by atoms with Crippen molar-refractivity contribution in [2.75, 3.05) is 29.6 Å². The van der Waals surface area contributed by atoms with E-state index in [1.54, 1.807) is 29.3 Å². The van der Waals surface area contributed by atoms with Gasteiger partial charge in [-0.15, -0.1) is 0 Å². The van der Waals surface area contributed by atoms with Gasteiger partial charge < -0.3 is 10.0 Å². The minimum atomic E-state index is -0.603. The molecule has 1 heterocycles. The van der Waals surface area contributed by atoms with Crippen LogP contribution in [0.3, 0.4) is 0 Å². The highest BCUT2D eigenvalue weighted by atomic mass is 16.6. The number of hydrogen-bond donors (Lipinski definition) is 3. The van der Waals surface area contributed by atoms with Crippen LogP contribution in [0.15, 0.2) is 42.6 Å². The highest BCUT2D eigenvalue weighted by Gasteiger charge is 2.24. The zero-order chi connectivity index (χ0) is 20.3. The Morgan fingerprint density at radius 3 is 2.79 bits per heavy atom. The molecular formula is C18H20N6O4. The second-order valence-corrected chi connectivity index (χ2v) is 6.08. The number of nitro groups is 1. The second-order valence-electron chi connectivity index (χ2n) is 6.08. The lowest BCUT2D eigenvalue weighted by Gasteiger charge is -2.26. The Morgan fingerprint density at radius 1 is 1.32 bits per heavy atom.